The summed E-state index contributed by atoms with van der Waals surface area (Å²) in [7, 11) is 0. The number of nitrogens with zero attached hydrogens (tertiary/aromatic N) is 2. The van der Waals surface area contributed by atoms with Gasteiger partial charge in [0.2, 0.25) is 0 Å². The highest BCUT2D eigenvalue weighted by molar-refractivity contribution is 4.98. The Labute approximate surface area is 89.7 Å². The summed E-state index contributed by atoms with van der Waals surface area (Å²) in [6.45, 7) is 4.45. The molecule has 0 aromatic carbocycles. The fourth-order valence-electron chi connectivity index (χ4n) is 2.16. The minimum absolute atomic E-state index is 0.161. The molecule has 15 heavy (non-hydrogen) atoms. The summed E-state index contributed by atoms with van der Waals surface area (Å²) in [5.41, 5.74) is 0.458. The molecule has 0 saturated heterocycles. The van der Waals surface area contributed by atoms with Gasteiger partial charge in [0.05, 0.1) is 0 Å². The first-order valence-corrected chi connectivity index (χ1v) is 5.54. The van der Waals surface area contributed by atoms with E-state index in [9.17, 15) is 0 Å². The summed E-state index contributed by atoms with van der Waals surface area (Å²) in [6, 6.07) is 0. The highest BCUT2D eigenvalue weighted by Gasteiger charge is 2.29. The molecule has 0 unspecified atom stereocenters. The van der Waals surface area contributed by atoms with Crippen molar-refractivity contribution in [1.82, 2.24) is 10.1 Å². The zero-order chi connectivity index (χ0) is 10.9. The van der Waals surface area contributed by atoms with Crippen molar-refractivity contribution in [3.05, 3.63) is 11.7 Å². The van der Waals surface area contributed by atoms with Crippen molar-refractivity contribution in [3.63, 3.8) is 0 Å². The van der Waals surface area contributed by atoms with Crippen LogP contribution in [0, 0.1) is 5.41 Å². The van der Waals surface area contributed by atoms with Gasteiger partial charge in [-0.15, -0.1) is 0 Å². The van der Waals surface area contributed by atoms with Crippen LogP contribution in [0.5, 0.6) is 0 Å². The molecule has 1 fully saturated rings. The topological polar surface area (TPSA) is 59.2 Å². The van der Waals surface area contributed by atoms with Crippen molar-refractivity contribution in [1.29, 1.82) is 0 Å². The van der Waals surface area contributed by atoms with Crippen molar-refractivity contribution in [2.75, 3.05) is 0 Å². The Kier molecular flexibility index (Phi) is 2.78. The molecule has 1 aromatic heterocycles. The number of rotatable bonds is 2. The Morgan fingerprint density at radius 3 is 2.60 bits per heavy atom. The first kappa shape index (κ1) is 10.6. The van der Waals surface area contributed by atoms with Crippen LogP contribution >= 0.6 is 0 Å². The summed E-state index contributed by atoms with van der Waals surface area (Å²) in [5, 5.41) is 12.7. The Bertz CT molecular complexity index is 323. The minimum Gasteiger partial charge on any atom is -0.387 e. The standard InChI is InChI=1S/C11H18N2O2/c1-11(2)5-3-8(4-6-11)10-12-9(7-14)15-13-10/h8,14H,3-7H2,1-2H3. The lowest BCUT2D eigenvalue weighted by atomic mass is 9.73. The fourth-order valence-corrected chi connectivity index (χ4v) is 2.16. The Morgan fingerprint density at radius 1 is 1.40 bits per heavy atom. The Balaban J connectivity index is 2.01. The average Bonchev–Trinajstić information content (AvgIpc) is 2.66. The van der Waals surface area contributed by atoms with Crippen molar-refractivity contribution in [2.45, 2.75) is 52.1 Å². The molecule has 1 heterocycles. The van der Waals surface area contributed by atoms with E-state index < -0.39 is 0 Å². The molecular weight excluding hydrogens is 192 g/mol. The van der Waals surface area contributed by atoms with E-state index in [0.717, 1.165) is 18.7 Å². The molecule has 0 aliphatic heterocycles. The second-order valence-corrected chi connectivity index (χ2v) is 5.14. The van der Waals surface area contributed by atoms with Crippen molar-refractivity contribution < 1.29 is 9.63 Å². The molecule has 1 aliphatic rings. The maximum Gasteiger partial charge on any atom is 0.252 e. The molecule has 1 N–H and O–H groups in total. The van der Waals surface area contributed by atoms with E-state index in [2.05, 4.69) is 24.0 Å². The number of aliphatic hydroxyl groups excluding tert-OH is 1. The van der Waals surface area contributed by atoms with Gasteiger partial charge in [-0.05, 0) is 31.1 Å². The number of hydrogen-bond acceptors (Lipinski definition) is 4. The van der Waals surface area contributed by atoms with Crippen LogP contribution in [0.1, 0.15) is 57.2 Å². The smallest absolute Gasteiger partial charge is 0.252 e. The van der Waals surface area contributed by atoms with Crippen molar-refractivity contribution in [3.8, 4) is 0 Å². The lowest BCUT2D eigenvalue weighted by molar-refractivity contribution is 0.214. The monoisotopic (exact) mass is 210 g/mol. The lowest BCUT2D eigenvalue weighted by Crippen LogP contribution is -2.20. The molecule has 0 spiro atoms. The van der Waals surface area contributed by atoms with Crippen LogP contribution in [0.2, 0.25) is 0 Å². The van der Waals surface area contributed by atoms with E-state index in [-0.39, 0.29) is 6.61 Å². The second-order valence-electron chi connectivity index (χ2n) is 5.14. The van der Waals surface area contributed by atoms with Gasteiger partial charge >= 0.3 is 0 Å². The van der Waals surface area contributed by atoms with Gasteiger partial charge in [0.25, 0.3) is 5.89 Å². The average molecular weight is 210 g/mol. The largest absolute Gasteiger partial charge is 0.387 e. The summed E-state index contributed by atoms with van der Waals surface area (Å²) >= 11 is 0. The van der Waals surface area contributed by atoms with Crippen LogP contribution in [0.4, 0.5) is 0 Å². The molecule has 0 atom stereocenters. The quantitative estimate of drug-likeness (QED) is 0.813. The molecule has 2 rings (SSSR count). The number of hydrogen-bond donors (Lipinski definition) is 1. The third-order valence-corrected chi connectivity index (χ3v) is 3.32. The minimum atomic E-state index is -0.161. The van der Waals surface area contributed by atoms with Gasteiger partial charge < -0.3 is 9.63 Å². The Hall–Kier alpha value is -0.900. The van der Waals surface area contributed by atoms with Crippen LogP contribution < -0.4 is 0 Å². The van der Waals surface area contributed by atoms with Gasteiger partial charge in [-0.2, -0.15) is 4.98 Å². The van der Waals surface area contributed by atoms with Crippen molar-refractivity contribution in [2.24, 2.45) is 5.41 Å². The third-order valence-electron chi connectivity index (χ3n) is 3.32. The summed E-state index contributed by atoms with van der Waals surface area (Å²) in [5.74, 6) is 1.52. The van der Waals surface area contributed by atoms with Crippen LogP contribution in [-0.4, -0.2) is 15.2 Å². The normalized spacial score (nSPS) is 21.8. The molecule has 1 aliphatic carbocycles. The van der Waals surface area contributed by atoms with Gasteiger partial charge in [-0.1, -0.05) is 19.0 Å². The lowest BCUT2D eigenvalue weighted by Gasteiger charge is -2.32. The van der Waals surface area contributed by atoms with E-state index in [1.807, 2.05) is 0 Å². The SMILES string of the molecule is CC1(C)CCC(c2noc(CO)n2)CC1. The third kappa shape index (κ3) is 2.37. The molecule has 0 radical (unpaired) electrons. The molecule has 1 saturated carbocycles. The van der Waals surface area contributed by atoms with Crippen LogP contribution in [-0.2, 0) is 6.61 Å². The predicted molar refractivity (Wildman–Crippen MR) is 55.2 cm³/mol. The zero-order valence-corrected chi connectivity index (χ0v) is 9.36. The van der Waals surface area contributed by atoms with Crippen molar-refractivity contribution >= 4 is 0 Å². The molecule has 4 nitrogen and oxygen atoms in total. The maximum absolute atomic E-state index is 8.84. The van der Waals surface area contributed by atoms with Gasteiger partial charge in [0.15, 0.2) is 5.82 Å². The highest BCUT2D eigenvalue weighted by Crippen LogP contribution is 2.41. The summed E-state index contributed by atoms with van der Waals surface area (Å²) in [6.07, 6.45) is 4.66. The van der Waals surface area contributed by atoms with E-state index in [1.165, 1.54) is 12.8 Å². The molecule has 0 bridgehead atoms. The molecule has 84 valence electrons. The van der Waals surface area contributed by atoms with Gasteiger partial charge in [-0.3, -0.25) is 0 Å². The molecular formula is C11H18N2O2. The highest BCUT2D eigenvalue weighted by atomic mass is 16.5. The summed E-state index contributed by atoms with van der Waals surface area (Å²) in [4.78, 5) is 4.17. The van der Waals surface area contributed by atoms with E-state index >= 15 is 0 Å². The van der Waals surface area contributed by atoms with E-state index in [0.29, 0.717) is 17.2 Å². The first-order valence-electron chi connectivity index (χ1n) is 5.54. The van der Waals surface area contributed by atoms with Gasteiger partial charge in [0.1, 0.15) is 6.61 Å². The zero-order valence-electron chi connectivity index (χ0n) is 9.36. The van der Waals surface area contributed by atoms with Crippen LogP contribution in [0.3, 0.4) is 0 Å². The van der Waals surface area contributed by atoms with E-state index in [1.54, 1.807) is 0 Å². The number of aromatic nitrogens is 2. The van der Waals surface area contributed by atoms with E-state index in [4.69, 9.17) is 9.63 Å². The molecule has 0 amide bonds. The molecule has 4 heteroatoms. The first-order chi connectivity index (χ1) is 7.11. The number of aliphatic hydroxyl groups is 1. The van der Waals surface area contributed by atoms with Gasteiger partial charge in [-0.25, -0.2) is 0 Å². The predicted octanol–water partition coefficient (Wildman–Crippen LogP) is 2.25. The maximum atomic E-state index is 8.84. The second kappa shape index (κ2) is 3.93. The Morgan fingerprint density at radius 2 is 2.07 bits per heavy atom. The summed E-state index contributed by atoms with van der Waals surface area (Å²) < 4.78 is 4.91. The van der Waals surface area contributed by atoms with Crippen LogP contribution in [0.25, 0.3) is 0 Å². The van der Waals surface area contributed by atoms with Crippen LogP contribution in [0.15, 0.2) is 4.52 Å². The van der Waals surface area contributed by atoms with Gasteiger partial charge in [0, 0.05) is 5.92 Å². The fraction of sp³-hybridized carbons (Fsp3) is 0.818. The molecule has 1 aromatic rings.